The van der Waals surface area contributed by atoms with Crippen molar-refractivity contribution >= 4 is 18.2 Å². The van der Waals surface area contributed by atoms with Crippen LogP contribution in [0.3, 0.4) is 0 Å². The minimum atomic E-state index is -0.545. The van der Waals surface area contributed by atoms with Crippen molar-refractivity contribution in [3.63, 3.8) is 0 Å². The maximum Gasteiger partial charge on any atom is 0.248 e. The van der Waals surface area contributed by atoms with E-state index in [1.807, 2.05) is 6.07 Å². The average molecular weight is 264 g/mol. The Balaban J connectivity index is 2.17. The summed E-state index contributed by atoms with van der Waals surface area (Å²) in [6, 6.07) is 1.31. The lowest BCUT2D eigenvalue weighted by molar-refractivity contribution is -0.132. The van der Waals surface area contributed by atoms with Crippen LogP contribution in [0.1, 0.15) is 17.4 Å². The average Bonchev–Trinajstić information content (AvgIpc) is 2.79. The Morgan fingerprint density at radius 3 is 3.16 bits per heavy atom. The van der Waals surface area contributed by atoms with Gasteiger partial charge in [0.15, 0.2) is 0 Å². The van der Waals surface area contributed by atoms with E-state index in [0.29, 0.717) is 25.1 Å². The summed E-state index contributed by atoms with van der Waals surface area (Å²) < 4.78 is 5.38. The Morgan fingerprint density at radius 2 is 2.47 bits per heavy atom. The van der Waals surface area contributed by atoms with Crippen LogP contribution in [-0.2, 0) is 16.0 Å². The molecule has 1 unspecified atom stereocenters. The van der Waals surface area contributed by atoms with Crippen LogP contribution >= 0.6 is 0 Å². The molecule has 0 aromatic carbocycles. The standard InChI is InChI=1S/C12H16N4O3/c1-14-10-11-8(3-5-19-11)2-4-16(12(10)18)6-9(13)15-7-17/h3,5,7,10,14H,2,4,6H2,1H3,(H2,13,15,17). The first-order valence-electron chi connectivity index (χ1n) is 5.97. The molecule has 1 aliphatic heterocycles. The number of hydrogen-bond acceptors (Lipinski definition) is 5. The first-order valence-corrected chi connectivity index (χ1v) is 5.97. The van der Waals surface area contributed by atoms with Crippen LogP contribution < -0.4 is 10.6 Å². The van der Waals surface area contributed by atoms with Gasteiger partial charge in [0.2, 0.25) is 12.3 Å². The van der Waals surface area contributed by atoms with E-state index < -0.39 is 6.04 Å². The van der Waals surface area contributed by atoms with Crippen molar-refractivity contribution < 1.29 is 14.0 Å². The maximum atomic E-state index is 12.4. The second kappa shape index (κ2) is 5.66. The lowest BCUT2D eigenvalue weighted by Gasteiger charge is -2.23. The normalized spacial score (nSPS) is 18.7. The summed E-state index contributed by atoms with van der Waals surface area (Å²) in [5.74, 6) is 0.468. The molecule has 7 heteroatoms. The third-order valence-corrected chi connectivity index (χ3v) is 3.12. The number of carbonyl (C=O) groups excluding carboxylic acids is 2. The number of amidine groups is 1. The number of amides is 2. The summed E-state index contributed by atoms with van der Waals surface area (Å²) >= 11 is 0. The molecule has 2 rings (SSSR count). The Hall–Kier alpha value is -2.15. The van der Waals surface area contributed by atoms with Gasteiger partial charge in [0.05, 0.1) is 12.8 Å². The van der Waals surface area contributed by atoms with Gasteiger partial charge in [-0.15, -0.1) is 0 Å². The van der Waals surface area contributed by atoms with E-state index in [0.717, 1.165) is 5.56 Å². The molecule has 2 amide bonds. The molecular weight excluding hydrogens is 248 g/mol. The molecule has 1 aromatic rings. The number of likely N-dealkylation sites (N-methyl/N-ethyl adjacent to an activating group) is 1. The van der Waals surface area contributed by atoms with Gasteiger partial charge in [-0.05, 0) is 25.1 Å². The molecule has 1 aliphatic rings. The lowest BCUT2D eigenvalue weighted by atomic mass is 10.1. The molecule has 0 saturated heterocycles. The SMILES string of the molecule is CNC1C(=O)N(CC(=N)NC=O)CCc2ccoc21. The van der Waals surface area contributed by atoms with Gasteiger partial charge in [0, 0.05) is 6.54 Å². The maximum absolute atomic E-state index is 12.4. The van der Waals surface area contributed by atoms with E-state index in [1.165, 1.54) is 4.90 Å². The minimum Gasteiger partial charge on any atom is -0.467 e. The number of nitrogens with one attached hydrogen (secondary N) is 3. The fourth-order valence-electron chi connectivity index (χ4n) is 2.19. The summed E-state index contributed by atoms with van der Waals surface area (Å²) in [4.78, 5) is 24.2. The number of fused-ring (bicyclic) bond motifs is 1. The van der Waals surface area contributed by atoms with E-state index >= 15 is 0 Å². The molecule has 0 bridgehead atoms. The van der Waals surface area contributed by atoms with Gasteiger partial charge < -0.3 is 20.0 Å². The molecular formula is C12H16N4O3. The molecule has 0 radical (unpaired) electrons. The van der Waals surface area contributed by atoms with Crippen molar-refractivity contribution in [2.45, 2.75) is 12.5 Å². The van der Waals surface area contributed by atoms with Crippen molar-refractivity contribution in [3.8, 4) is 0 Å². The summed E-state index contributed by atoms with van der Waals surface area (Å²) in [5, 5.41) is 12.7. The minimum absolute atomic E-state index is 0.00303. The number of furan rings is 1. The molecule has 1 atom stereocenters. The molecule has 0 spiro atoms. The van der Waals surface area contributed by atoms with Crippen LogP contribution in [0.5, 0.6) is 0 Å². The van der Waals surface area contributed by atoms with Crippen molar-refractivity contribution in [2.75, 3.05) is 20.1 Å². The monoisotopic (exact) mass is 264 g/mol. The highest BCUT2D eigenvalue weighted by Gasteiger charge is 2.32. The highest BCUT2D eigenvalue weighted by molar-refractivity contribution is 5.93. The van der Waals surface area contributed by atoms with E-state index in [-0.39, 0.29) is 18.3 Å². The van der Waals surface area contributed by atoms with E-state index in [2.05, 4.69) is 10.6 Å². The van der Waals surface area contributed by atoms with Crippen LogP contribution in [0.15, 0.2) is 16.7 Å². The van der Waals surface area contributed by atoms with Gasteiger partial charge in [0.25, 0.3) is 0 Å². The predicted molar refractivity (Wildman–Crippen MR) is 67.7 cm³/mol. The van der Waals surface area contributed by atoms with E-state index in [9.17, 15) is 9.59 Å². The largest absolute Gasteiger partial charge is 0.467 e. The summed E-state index contributed by atoms with van der Waals surface area (Å²) in [5.41, 5.74) is 0.991. The van der Waals surface area contributed by atoms with Crippen LogP contribution in [0.4, 0.5) is 0 Å². The summed E-state index contributed by atoms with van der Waals surface area (Å²) in [7, 11) is 1.69. The quantitative estimate of drug-likeness (QED) is 0.393. The Bertz CT molecular complexity index is 497. The molecule has 102 valence electrons. The highest BCUT2D eigenvalue weighted by Crippen LogP contribution is 2.25. The zero-order valence-corrected chi connectivity index (χ0v) is 10.6. The number of hydrogen-bond donors (Lipinski definition) is 3. The Labute approximate surface area is 110 Å². The van der Waals surface area contributed by atoms with E-state index in [1.54, 1.807) is 13.3 Å². The fourth-order valence-corrected chi connectivity index (χ4v) is 2.19. The van der Waals surface area contributed by atoms with Crippen molar-refractivity contribution in [1.82, 2.24) is 15.5 Å². The predicted octanol–water partition coefficient (Wildman–Crippen LogP) is -0.352. The van der Waals surface area contributed by atoms with Crippen LogP contribution in [0, 0.1) is 5.41 Å². The molecule has 0 fully saturated rings. The molecule has 1 aromatic heterocycles. The van der Waals surface area contributed by atoms with Gasteiger partial charge in [-0.2, -0.15) is 0 Å². The molecule has 19 heavy (non-hydrogen) atoms. The smallest absolute Gasteiger partial charge is 0.248 e. The number of carbonyl (C=O) groups is 2. The molecule has 7 nitrogen and oxygen atoms in total. The third kappa shape index (κ3) is 2.65. The highest BCUT2D eigenvalue weighted by atomic mass is 16.3. The van der Waals surface area contributed by atoms with Crippen LogP contribution in [0.25, 0.3) is 0 Å². The van der Waals surface area contributed by atoms with Crippen molar-refractivity contribution in [1.29, 1.82) is 5.41 Å². The summed E-state index contributed by atoms with van der Waals surface area (Å²) in [6.07, 6.45) is 2.68. The number of nitrogens with zero attached hydrogens (tertiary/aromatic N) is 1. The summed E-state index contributed by atoms with van der Waals surface area (Å²) in [6.45, 7) is 0.576. The zero-order valence-electron chi connectivity index (χ0n) is 10.6. The van der Waals surface area contributed by atoms with Crippen molar-refractivity contribution in [3.05, 3.63) is 23.7 Å². The van der Waals surface area contributed by atoms with Gasteiger partial charge in [-0.25, -0.2) is 0 Å². The first kappa shape index (κ1) is 13.3. The van der Waals surface area contributed by atoms with Gasteiger partial charge in [0.1, 0.15) is 17.6 Å². The molecule has 0 aliphatic carbocycles. The fraction of sp³-hybridized carbons (Fsp3) is 0.417. The topological polar surface area (TPSA) is 98.4 Å². The van der Waals surface area contributed by atoms with Crippen molar-refractivity contribution in [2.24, 2.45) is 0 Å². The van der Waals surface area contributed by atoms with Gasteiger partial charge in [-0.1, -0.05) is 0 Å². The third-order valence-electron chi connectivity index (χ3n) is 3.12. The number of rotatable bonds is 4. The second-order valence-corrected chi connectivity index (χ2v) is 4.28. The van der Waals surface area contributed by atoms with E-state index in [4.69, 9.17) is 9.83 Å². The molecule has 3 N–H and O–H groups in total. The Morgan fingerprint density at radius 1 is 1.68 bits per heavy atom. The lowest BCUT2D eigenvalue weighted by Crippen LogP contribution is -2.44. The van der Waals surface area contributed by atoms with Gasteiger partial charge in [-0.3, -0.25) is 15.0 Å². The second-order valence-electron chi connectivity index (χ2n) is 4.28. The molecule has 0 saturated carbocycles. The molecule has 2 heterocycles. The zero-order chi connectivity index (χ0) is 13.8. The van der Waals surface area contributed by atoms with Gasteiger partial charge >= 0.3 is 0 Å². The first-order chi connectivity index (χ1) is 9.17. The van der Waals surface area contributed by atoms with Crippen LogP contribution in [-0.4, -0.2) is 43.2 Å². The Kier molecular flexibility index (Phi) is 3.96. The van der Waals surface area contributed by atoms with Crippen LogP contribution in [0.2, 0.25) is 0 Å².